The number of nitrogens with one attached hydrogen (secondary N) is 1. The molecule has 2 rings (SSSR count). The minimum Gasteiger partial charge on any atom is -0.496 e. The van der Waals surface area contributed by atoms with Crippen molar-refractivity contribution in [1.29, 1.82) is 0 Å². The number of hydrogen-bond acceptors (Lipinski definition) is 3. The van der Waals surface area contributed by atoms with Gasteiger partial charge in [-0.15, -0.1) is 12.4 Å². The number of benzene rings is 1. The quantitative estimate of drug-likeness (QED) is 0.824. The van der Waals surface area contributed by atoms with E-state index in [-0.39, 0.29) is 12.4 Å². The Morgan fingerprint density at radius 1 is 1.56 bits per heavy atom. The molecule has 0 radical (unpaired) electrons. The van der Waals surface area contributed by atoms with E-state index in [9.17, 15) is 4.79 Å². The van der Waals surface area contributed by atoms with Gasteiger partial charge in [0.1, 0.15) is 11.8 Å². The molecule has 0 saturated heterocycles. The van der Waals surface area contributed by atoms with Gasteiger partial charge in [0.2, 0.25) is 0 Å². The monoisotopic (exact) mass is 243 g/mol. The van der Waals surface area contributed by atoms with Crippen molar-refractivity contribution in [3.05, 3.63) is 29.3 Å². The highest BCUT2D eigenvalue weighted by molar-refractivity contribution is 5.85. The molecule has 0 saturated carbocycles. The van der Waals surface area contributed by atoms with Crippen LogP contribution >= 0.6 is 12.4 Å². The molecule has 1 atom stereocenters. The lowest BCUT2D eigenvalue weighted by Gasteiger charge is -2.25. The van der Waals surface area contributed by atoms with Crippen molar-refractivity contribution in [2.24, 2.45) is 0 Å². The summed E-state index contributed by atoms with van der Waals surface area (Å²) in [5.74, 6) is -0.0653. The summed E-state index contributed by atoms with van der Waals surface area (Å²) in [5, 5.41) is 12.0. The molecular formula is C11H14ClNO3. The third-order valence-electron chi connectivity index (χ3n) is 2.67. The summed E-state index contributed by atoms with van der Waals surface area (Å²) in [6.07, 6.45) is 0.809. The Kier molecular flexibility index (Phi) is 4.15. The first-order valence-corrected chi connectivity index (χ1v) is 4.86. The van der Waals surface area contributed by atoms with Gasteiger partial charge in [-0.05, 0) is 18.1 Å². The second-order valence-electron chi connectivity index (χ2n) is 3.50. The van der Waals surface area contributed by atoms with Gasteiger partial charge in [0.15, 0.2) is 0 Å². The fraction of sp³-hybridized carbons (Fsp3) is 0.364. The third-order valence-corrected chi connectivity index (χ3v) is 2.67. The van der Waals surface area contributed by atoms with Gasteiger partial charge in [0.05, 0.1) is 7.11 Å². The predicted octanol–water partition coefficient (Wildman–Crippen LogP) is 1.39. The van der Waals surface area contributed by atoms with Crippen LogP contribution < -0.4 is 10.1 Å². The van der Waals surface area contributed by atoms with Crippen molar-refractivity contribution in [3.8, 4) is 5.75 Å². The topological polar surface area (TPSA) is 58.6 Å². The molecule has 1 heterocycles. The molecule has 1 unspecified atom stereocenters. The van der Waals surface area contributed by atoms with E-state index >= 15 is 0 Å². The van der Waals surface area contributed by atoms with Crippen LogP contribution in [0.2, 0.25) is 0 Å². The van der Waals surface area contributed by atoms with Crippen LogP contribution in [-0.4, -0.2) is 24.7 Å². The molecule has 0 aromatic heterocycles. The number of carboxylic acids is 1. The number of carboxylic acid groups (broad SMARTS) is 1. The molecule has 0 spiro atoms. The van der Waals surface area contributed by atoms with E-state index in [1.54, 1.807) is 7.11 Å². The molecule has 2 N–H and O–H groups in total. The standard InChI is InChI=1S/C11H13NO3.ClH/c1-15-9-4-2-3-8-7(9)5-6-12-10(8)11(13)14;/h2-4,10,12H,5-6H2,1H3,(H,13,14);1H. The van der Waals surface area contributed by atoms with Crippen molar-refractivity contribution in [2.75, 3.05) is 13.7 Å². The molecule has 0 fully saturated rings. The lowest BCUT2D eigenvalue weighted by Crippen LogP contribution is -2.35. The lowest BCUT2D eigenvalue weighted by atomic mass is 9.93. The fourth-order valence-electron chi connectivity index (χ4n) is 1.98. The Balaban J connectivity index is 0.00000128. The summed E-state index contributed by atoms with van der Waals surface area (Å²) in [6, 6.07) is 4.91. The van der Waals surface area contributed by atoms with Gasteiger partial charge in [0, 0.05) is 12.1 Å². The fourth-order valence-corrected chi connectivity index (χ4v) is 1.98. The average molecular weight is 244 g/mol. The molecule has 0 bridgehead atoms. The maximum atomic E-state index is 11.0. The normalized spacial score (nSPS) is 18.2. The van der Waals surface area contributed by atoms with Crippen LogP contribution in [0, 0.1) is 0 Å². The molecule has 88 valence electrons. The number of rotatable bonds is 2. The van der Waals surface area contributed by atoms with E-state index in [1.165, 1.54) is 0 Å². The minimum absolute atomic E-state index is 0. The molecule has 1 aliphatic rings. The molecule has 5 heteroatoms. The number of halogens is 1. The molecule has 1 aromatic carbocycles. The molecular weight excluding hydrogens is 230 g/mol. The Hall–Kier alpha value is -1.26. The molecule has 4 nitrogen and oxygen atoms in total. The van der Waals surface area contributed by atoms with Crippen molar-refractivity contribution in [1.82, 2.24) is 5.32 Å². The maximum absolute atomic E-state index is 11.0. The highest BCUT2D eigenvalue weighted by Crippen LogP contribution is 2.30. The van der Waals surface area contributed by atoms with Gasteiger partial charge in [-0.3, -0.25) is 4.79 Å². The van der Waals surface area contributed by atoms with E-state index in [0.717, 1.165) is 23.3 Å². The van der Waals surface area contributed by atoms with E-state index < -0.39 is 12.0 Å². The SMILES string of the molecule is COc1cccc2c1CCNC2C(=O)O.Cl. The van der Waals surface area contributed by atoms with Crippen LogP contribution in [0.15, 0.2) is 18.2 Å². The van der Waals surface area contributed by atoms with Crippen LogP contribution in [0.3, 0.4) is 0 Å². The number of carbonyl (C=O) groups is 1. The zero-order chi connectivity index (χ0) is 10.8. The second kappa shape index (κ2) is 5.18. The Labute approximate surface area is 100 Å². The summed E-state index contributed by atoms with van der Waals surface area (Å²) >= 11 is 0. The van der Waals surface area contributed by atoms with Crippen molar-refractivity contribution < 1.29 is 14.6 Å². The summed E-state index contributed by atoms with van der Waals surface area (Å²) in [6.45, 7) is 0.671. The number of aliphatic carboxylic acids is 1. The van der Waals surface area contributed by atoms with Crippen LogP contribution in [0.5, 0.6) is 5.75 Å². The molecule has 1 aromatic rings. The van der Waals surface area contributed by atoms with Gasteiger partial charge in [-0.25, -0.2) is 0 Å². The van der Waals surface area contributed by atoms with Crippen LogP contribution in [0.1, 0.15) is 17.2 Å². The largest absolute Gasteiger partial charge is 0.496 e. The number of hydrogen-bond donors (Lipinski definition) is 2. The Morgan fingerprint density at radius 3 is 2.94 bits per heavy atom. The molecule has 1 aliphatic heterocycles. The van der Waals surface area contributed by atoms with Crippen molar-refractivity contribution in [3.63, 3.8) is 0 Å². The first-order chi connectivity index (χ1) is 7.24. The first kappa shape index (κ1) is 12.8. The van der Waals surface area contributed by atoms with Crippen LogP contribution in [0.25, 0.3) is 0 Å². The second-order valence-corrected chi connectivity index (χ2v) is 3.50. The Morgan fingerprint density at radius 2 is 2.31 bits per heavy atom. The molecule has 0 aliphatic carbocycles. The summed E-state index contributed by atoms with van der Waals surface area (Å²) in [5.41, 5.74) is 1.82. The van der Waals surface area contributed by atoms with Crippen LogP contribution in [0.4, 0.5) is 0 Å². The van der Waals surface area contributed by atoms with Gasteiger partial charge in [-0.1, -0.05) is 12.1 Å². The number of methoxy groups -OCH3 is 1. The molecule has 16 heavy (non-hydrogen) atoms. The van der Waals surface area contributed by atoms with Crippen LogP contribution in [-0.2, 0) is 11.2 Å². The van der Waals surface area contributed by atoms with E-state index in [0.29, 0.717) is 6.54 Å². The average Bonchev–Trinajstić information content (AvgIpc) is 2.27. The van der Waals surface area contributed by atoms with Gasteiger partial charge >= 0.3 is 5.97 Å². The predicted molar refractivity (Wildman–Crippen MR) is 62.3 cm³/mol. The summed E-state index contributed by atoms with van der Waals surface area (Å²) < 4.78 is 5.22. The first-order valence-electron chi connectivity index (χ1n) is 4.86. The zero-order valence-corrected chi connectivity index (χ0v) is 9.71. The maximum Gasteiger partial charge on any atom is 0.325 e. The third kappa shape index (κ3) is 2.13. The smallest absolute Gasteiger partial charge is 0.325 e. The zero-order valence-electron chi connectivity index (χ0n) is 8.90. The lowest BCUT2D eigenvalue weighted by molar-refractivity contribution is -0.139. The van der Waals surface area contributed by atoms with E-state index in [1.807, 2.05) is 18.2 Å². The summed E-state index contributed by atoms with van der Waals surface area (Å²) in [7, 11) is 1.60. The highest BCUT2D eigenvalue weighted by Gasteiger charge is 2.27. The van der Waals surface area contributed by atoms with Crippen molar-refractivity contribution in [2.45, 2.75) is 12.5 Å². The summed E-state index contributed by atoms with van der Waals surface area (Å²) in [4.78, 5) is 11.0. The van der Waals surface area contributed by atoms with Gasteiger partial charge in [-0.2, -0.15) is 0 Å². The van der Waals surface area contributed by atoms with E-state index in [2.05, 4.69) is 5.32 Å². The molecule has 0 amide bonds. The minimum atomic E-state index is -0.843. The Bertz CT molecular complexity index is 395. The van der Waals surface area contributed by atoms with E-state index in [4.69, 9.17) is 9.84 Å². The number of fused-ring (bicyclic) bond motifs is 1. The van der Waals surface area contributed by atoms with Gasteiger partial charge < -0.3 is 15.2 Å². The number of ether oxygens (including phenoxy) is 1. The van der Waals surface area contributed by atoms with Crippen molar-refractivity contribution >= 4 is 18.4 Å². The highest BCUT2D eigenvalue weighted by atomic mass is 35.5. The van der Waals surface area contributed by atoms with Gasteiger partial charge in [0.25, 0.3) is 0 Å².